The molecule has 0 unspecified atom stereocenters. The molecule has 1 aromatic carbocycles. The Hall–Kier alpha value is -1.89. The number of likely N-dealkylation sites (tertiary alicyclic amines) is 1. The standard InChI is InChI=1S/C20H24N2O4/c1-2-24-17(23)12-22-8-7-13-11-16(22)18-14-5-3-4-6-15(14)21-19(18)20(13)25-9-10-26-20/h3-6,13,16,21H,2,7-12H2,1H3/t13-,16+/m0/s1. The predicted molar refractivity (Wildman–Crippen MR) is 95.6 cm³/mol. The van der Waals surface area contributed by atoms with Crippen LogP contribution in [0, 0.1) is 5.92 Å². The van der Waals surface area contributed by atoms with E-state index in [-0.39, 0.29) is 12.0 Å². The second-order valence-electron chi connectivity index (χ2n) is 7.34. The first-order valence-electron chi connectivity index (χ1n) is 9.51. The lowest BCUT2D eigenvalue weighted by molar-refractivity contribution is -0.229. The minimum absolute atomic E-state index is 0.152. The van der Waals surface area contributed by atoms with Crippen molar-refractivity contribution < 1.29 is 19.0 Å². The Morgan fingerprint density at radius 3 is 2.96 bits per heavy atom. The second-order valence-corrected chi connectivity index (χ2v) is 7.34. The van der Waals surface area contributed by atoms with Crippen molar-refractivity contribution in [3.63, 3.8) is 0 Å². The van der Waals surface area contributed by atoms with Gasteiger partial charge in [0.1, 0.15) is 0 Å². The van der Waals surface area contributed by atoms with Crippen LogP contribution in [0.5, 0.6) is 0 Å². The zero-order chi connectivity index (χ0) is 17.7. The molecule has 2 bridgehead atoms. The van der Waals surface area contributed by atoms with Crippen LogP contribution >= 0.6 is 0 Å². The molecule has 0 amide bonds. The van der Waals surface area contributed by atoms with Gasteiger partial charge in [-0.25, -0.2) is 0 Å². The quantitative estimate of drug-likeness (QED) is 0.857. The fourth-order valence-electron chi connectivity index (χ4n) is 5.02. The Balaban J connectivity index is 1.62. The Morgan fingerprint density at radius 1 is 1.35 bits per heavy atom. The number of piperidine rings is 1. The van der Waals surface area contributed by atoms with E-state index >= 15 is 0 Å². The summed E-state index contributed by atoms with van der Waals surface area (Å²) in [4.78, 5) is 18.0. The van der Waals surface area contributed by atoms with E-state index in [1.807, 2.05) is 13.0 Å². The Morgan fingerprint density at radius 2 is 2.15 bits per heavy atom. The maximum Gasteiger partial charge on any atom is 0.320 e. The highest BCUT2D eigenvalue weighted by atomic mass is 16.7. The summed E-state index contributed by atoms with van der Waals surface area (Å²) in [5.41, 5.74) is 3.37. The topological polar surface area (TPSA) is 63.8 Å². The molecule has 2 atom stereocenters. The van der Waals surface area contributed by atoms with Crippen molar-refractivity contribution in [2.75, 3.05) is 32.9 Å². The van der Waals surface area contributed by atoms with Crippen LogP contribution < -0.4 is 0 Å². The van der Waals surface area contributed by atoms with E-state index in [1.54, 1.807) is 0 Å². The molecule has 6 nitrogen and oxygen atoms in total. The molecule has 2 aliphatic heterocycles. The van der Waals surface area contributed by atoms with E-state index in [0.717, 1.165) is 30.6 Å². The lowest BCUT2D eigenvalue weighted by atomic mass is 9.73. The zero-order valence-corrected chi connectivity index (χ0v) is 15.0. The molecule has 0 saturated carbocycles. The highest BCUT2D eigenvalue weighted by Gasteiger charge is 2.56. The Bertz CT molecular complexity index is 839. The van der Waals surface area contributed by atoms with Crippen LogP contribution in [0.3, 0.4) is 0 Å². The first-order valence-corrected chi connectivity index (χ1v) is 9.51. The van der Waals surface area contributed by atoms with Gasteiger partial charge in [0.15, 0.2) is 0 Å². The fraction of sp³-hybridized carbons (Fsp3) is 0.550. The average molecular weight is 356 g/mol. The maximum absolute atomic E-state index is 12.1. The molecular weight excluding hydrogens is 332 g/mol. The van der Waals surface area contributed by atoms with E-state index in [2.05, 4.69) is 28.1 Å². The van der Waals surface area contributed by atoms with Gasteiger partial charge in [0.2, 0.25) is 5.79 Å². The summed E-state index contributed by atoms with van der Waals surface area (Å²) in [6.07, 6.45) is 1.89. The summed E-state index contributed by atoms with van der Waals surface area (Å²) < 4.78 is 17.6. The monoisotopic (exact) mass is 356 g/mol. The maximum atomic E-state index is 12.1. The third-order valence-corrected chi connectivity index (χ3v) is 6.03. The molecule has 2 saturated heterocycles. The predicted octanol–water partition coefficient (Wildman–Crippen LogP) is 2.70. The van der Waals surface area contributed by atoms with Gasteiger partial charge < -0.3 is 19.2 Å². The van der Waals surface area contributed by atoms with Crippen molar-refractivity contribution >= 4 is 16.9 Å². The van der Waals surface area contributed by atoms with Crippen LogP contribution in [-0.4, -0.2) is 48.8 Å². The van der Waals surface area contributed by atoms with Gasteiger partial charge in [0, 0.05) is 28.4 Å². The highest BCUT2D eigenvalue weighted by molar-refractivity contribution is 5.86. The van der Waals surface area contributed by atoms with Gasteiger partial charge in [-0.3, -0.25) is 9.69 Å². The van der Waals surface area contributed by atoms with Crippen LogP contribution in [-0.2, 0) is 24.8 Å². The molecule has 1 N–H and O–H groups in total. The van der Waals surface area contributed by atoms with Crippen LogP contribution in [0.15, 0.2) is 24.3 Å². The zero-order valence-electron chi connectivity index (χ0n) is 15.0. The number of hydrogen-bond donors (Lipinski definition) is 1. The van der Waals surface area contributed by atoms with Crippen LogP contribution in [0.25, 0.3) is 10.9 Å². The lowest BCUT2D eigenvalue weighted by Crippen LogP contribution is -2.51. The average Bonchev–Trinajstić information content (AvgIpc) is 3.27. The number of hydrogen-bond acceptors (Lipinski definition) is 5. The van der Waals surface area contributed by atoms with Gasteiger partial charge in [-0.15, -0.1) is 0 Å². The fourth-order valence-corrected chi connectivity index (χ4v) is 5.02. The van der Waals surface area contributed by atoms with Crippen LogP contribution in [0.4, 0.5) is 0 Å². The largest absolute Gasteiger partial charge is 0.465 e. The molecule has 1 aromatic heterocycles. The molecule has 0 radical (unpaired) electrons. The molecule has 5 rings (SSSR count). The Labute approximate surface area is 152 Å². The number of carbonyl (C=O) groups is 1. The van der Waals surface area contributed by atoms with E-state index in [0.29, 0.717) is 32.3 Å². The number of rotatable bonds is 3. The first kappa shape index (κ1) is 16.3. The molecule has 3 aliphatic rings. The number of carbonyl (C=O) groups excluding carboxylic acids is 1. The smallest absolute Gasteiger partial charge is 0.320 e. The molecule has 2 aromatic rings. The molecule has 1 aliphatic carbocycles. The summed E-state index contributed by atoms with van der Waals surface area (Å²) in [6.45, 7) is 4.70. The molecule has 2 fully saturated rings. The number of H-pyrrole nitrogens is 1. The summed E-state index contributed by atoms with van der Waals surface area (Å²) in [7, 11) is 0. The van der Waals surface area contributed by atoms with E-state index < -0.39 is 5.79 Å². The van der Waals surface area contributed by atoms with E-state index in [9.17, 15) is 4.79 Å². The Kier molecular flexibility index (Phi) is 3.81. The summed E-state index contributed by atoms with van der Waals surface area (Å²) in [6, 6.07) is 8.52. The molecule has 3 heterocycles. The third kappa shape index (κ3) is 2.25. The van der Waals surface area contributed by atoms with E-state index in [1.165, 1.54) is 10.9 Å². The minimum atomic E-state index is -0.652. The lowest BCUT2D eigenvalue weighted by Gasteiger charge is -2.49. The van der Waals surface area contributed by atoms with Crippen molar-refractivity contribution in [2.45, 2.75) is 31.6 Å². The number of aromatic amines is 1. The third-order valence-electron chi connectivity index (χ3n) is 6.03. The van der Waals surface area contributed by atoms with Crippen LogP contribution in [0.2, 0.25) is 0 Å². The summed E-state index contributed by atoms with van der Waals surface area (Å²) in [5, 5.41) is 1.19. The molecular formula is C20H24N2O4. The number of fused-ring (bicyclic) bond motifs is 8. The number of para-hydroxylation sites is 1. The number of esters is 1. The first-order chi connectivity index (χ1) is 12.7. The number of ether oxygens (including phenoxy) is 3. The number of nitrogens with zero attached hydrogens (tertiary/aromatic N) is 1. The molecule has 1 spiro atoms. The highest BCUT2D eigenvalue weighted by Crippen LogP contribution is 2.55. The summed E-state index contributed by atoms with van der Waals surface area (Å²) >= 11 is 0. The van der Waals surface area contributed by atoms with Crippen molar-refractivity contribution in [1.82, 2.24) is 9.88 Å². The number of nitrogens with one attached hydrogen (secondary N) is 1. The SMILES string of the molecule is CCOC(=O)CN1CC[C@H]2C[C@@H]1c1c([nH]c3ccccc13)C21OCCO1. The van der Waals surface area contributed by atoms with Crippen molar-refractivity contribution in [3.8, 4) is 0 Å². The van der Waals surface area contributed by atoms with Crippen molar-refractivity contribution in [2.24, 2.45) is 5.92 Å². The van der Waals surface area contributed by atoms with Gasteiger partial charge in [-0.05, 0) is 32.4 Å². The van der Waals surface area contributed by atoms with Crippen molar-refractivity contribution in [3.05, 3.63) is 35.5 Å². The number of benzene rings is 1. The van der Waals surface area contributed by atoms with Gasteiger partial charge in [0.25, 0.3) is 0 Å². The minimum Gasteiger partial charge on any atom is -0.465 e. The number of aromatic nitrogens is 1. The molecule has 138 valence electrons. The summed E-state index contributed by atoms with van der Waals surface area (Å²) in [5.74, 6) is -0.504. The van der Waals surface area contributed by atoms with Gasteiger partial charge in [0.05, 0.1) is 32.1 Å². The van der Waals surface area contributed by atoms with Gasteiger partial charge >= 0.3 is 5.97 Å². The van der Waals surface area contributed by atoms with Crippen LogP contribution in [0.1, 0.15) is 37.1 Å². The van der Waals surface area contributed by atoms with Gasteiger partial charge in [-0.1, -0.05) is 18.2 Å². The van der Waals surface area contributed by atoms with Gasteiger partial charge in [-0.2, -0.15) is 0 Å². The molecule has 6 heteroatoms. The second kappa shape index (κ2) is 6.08. The normalized spacial score (nSPS) is 27.0. The molecule has 26 heavy (non-hydrogen) atoms. The van der Waals surface area contributed by atoms with Crippen molar-refractivity contribution in [1.29, 1.82) is 0 Å². The van der Waals surface area contributed by atoms with E-state index in [4.69, 9.17) is 14.2 Å².